The molecular formula is C16H23F3N2. The number of hydrogen-bond donors (Lipinski definition) is 1. The highest BCUT2D eigenvalue weighted by Crippen LogP contribution is 2.18. The SMILES string of the molecule is CCCN(Cc1cc(F)c(F)c(F)c1)CC1CCNCC1. The van der Waals surface area contributed by atoms with E-state index >= 15 is 0 Å². The fourth-order valence-electron chi connectivity index (χ4n) is 2.94. The van der Waals surface area contributed by atoms with Gasteiger partial charge in [0.05, 0.1) is 0 Å². The molecule has 0 atom stereocenters. The number of nitrogens with zero attached hydrogens (tertiary/aromatic N) is 1. The van der Waals surface area contributed by atoms with Crippen molar-refractivity contribution >= 4 is 0 Å². The summed E-state index contributed by atoms with van der Waals surface area (Å²) in [7, 11) is 0. The van der Waals surface area contributed by atoms with Gasteiger partial charge in [-0.05, 0) is 62.5 Å². The van der Waals surface area contributed by atoms with Gasteiger partial charge in [0.15, 0.2) is 17.5 Å². The van der Waals surface area contributed by atoms with Gasteiger partial charge in [-0.3, -0.25) is 4.90 Å². The maximum Gasteiger partial charge on any atom is 0.194 e. The van der Waals surface area contributed by atoms with Gasteiger partial charge in [-0.1, -0.05) is 6.92 Å². The summed E-state index contributed by atoms with van der Waals surface area (Å²) in [6.07, 6.45) is 3.25. The summed E-state index contributed by atoms with van der Waals surface area (Å²) < 4.78 is 39.6. The molecule has 1 saturated heterocycles. The summed E-state index contributed by atoms with van der Waals surface area (Å²) in [5.41, 5.74) is 0.494. The van der Waals surface area contributed by atoms with Crippen LogP contribution in [0.15, 0.2) is 12.1 Å². The van der Waals surface area contributed by atoms with Crippen LogP contribution in [0.5, 0.6) is 0 Å². The van der Waals surface area contributed by atoms with Crippen LogP contribution in [0.3, 0.4) is 0 Å². The monoisotopic (exact) mass is 300 g/mol. The van der Waals surface area contributed by atoms with Crippen molar-refractivity contribution in [3.05, 3.63) is 35.1 Å². The fourth-order valence-corrected chi connectivity index (χ4v) is 2.94. The first-order valence-corrected chi connectivity index (χ1v) is 7.66. The predicted octanol–water partition coefficient (Wildman–Crippen LogP) is 3.32. The lowest BCUT2D eigenvalue weighted by Crippen LogP contribution is -2.36. The lowest BCUT2D eigenvalue weighted by Gasteiger charge is -2.30. The minimum Gasteiger partial charge on any atom is -0.317 e. The van der Waals surface area contributed by atoms with E-state index in [0.717, 1.165) is 57.6 Å². The summed E-state index contributed by atoms with van der Waals surface area (Å²) in [6, 6.07) is 2.20. The van der Waals surface area contributed by atoms with E-state index < -0.39 is 17.5 Å². The third-order valence-corrected chi connectivity index (χ3v) is 3.96. The van der Waals surface area contributed by atoms with Gasteiger partial charge in [0, 0.05) is 13.1 Å². The molecule has 0 amide bonds. The largest absolute Gasteiger partial charge is 0.317 e. The minimum absolute atomic E-state index is 0.464. The van der Waals surface area contributed by atoms with Crippen LogP contribution in [0.25, 0.3) is 0 Å². The zero-order valence-electron chi connectivity index (χ0n) is 12.5. The molecule has 0 radical (unpaired) electrons. The summed E-state index contributed by atoms with van der Waals surface area (Å²) in [5, 5.41) is 3.33. The van der Waals surface area contributed by atoms with Crippen molar-refractivity contribution in [1.82, 2.24) is 10.2 Å². The summed E-state index contributed by atoms with van der Waals surface area (Å²) in [6.45, 7) is 6.42. The van der Waals surface area contributed by atoms with Crippen LogP contribution >= 0.6 is 0 Å². The van der Waals surface area contributed by atoms with Crippen molar-refractivity contribution in [2.75, 3.05) is 26.2 Å². The molecule has 0 aromatic heterocycles. The molecule has 1 N–H and O–H groups in total. The van der Waals surface area contributed by atoms with Gasteiger partial charge < -0.3 is 5.32 Å². The molecule has 118 valence electrons. The predicted molar refractivity (Wildman–Crippen MR) is 77.5 cm³/mol. The fraction of sp³-hybridized carbons (Fsp3) is 0.625. The second-order valence-electron chi connectivity index (χ2n) is 5.80. The maximum atomic E-state index is 13.3. The lowest BCUT2D eigenvalue weighted by molar-refractivity contribution is 0.198. The van der Waals surface area contributed by atoms with Crippen molar-refractivity contribution in [1.29, 1.82) is 0 Å². The summed E-state index contributed by atoms with van der Waals surface area (Å²) in [4.78, 5) is 2.21. The van der Waals surface area contributed by atoms with E-state index in [1.807, 2.05) is 0 Å². The molecule has 1 fully saturated rings. The third-order valence-electron chi connectivity index (χ3n) is 3.96. The molecule has 0 saturated carbocycles. The van der Waals surface area contributed by atoms with Crippen LogP contribution in [0, 0.1) is 23.4 Å². The average molecular weight is 300 g/mol. The molecule has 1 aliphatic rings. The molecule has 0 aliphatic carbocycles. The highest BCUT2D eigenvalue weighted by atomic mass is 19.2. The molecule has 2 rings (SSSR count). The molecule has 0 bridgehead atoms. The molecule has 0 spiro atoms. The smallest absolute Gasteiger partial charge is 0.194 e. The van der Waals surface area contributed by atoms with E-state index in [2.05, 4.69) is 17.1 Å². The van der Waals surface area contributed by atoms with E-state index in [4.69, 9.17) is 0 Å². The van der Waals surface area contributed by atoms with Gasteiger partial charge in [-0.15, -0.1) is 0 Å². The zero-order chi connectivity index (χ0) is 15.2. The number of hydrogen-bond acceptors (Lipinski definition) is 2. The van der Waals surface area contributed by atoms with Crippen molar-refractivity contribution in [2.45, 2.75) is 32.7 Å². The van der Waals surface area contributed by atoms with E-state index in [1.165, 1.54) is 0 Å². The van der Waals surface area contributed by atoms with Crippen molar-refractivity contribution in [3.63, 3.8) is 0 Å². The Morgan fingerprint density at radius 3 is 2.33 bits per heavy atom. The first kappa shape index (κ1) is 16.3. The van der Waals surface area contributed by atoms with E-state index in [1.54, 1.807) is 0 Å². The van der Waals surface area contributed by atoms with Gasteiger partial charge >= 0.3 is 0 Å². The molecule has 5 heteroatoms. The van der Waals surface area contributed by atoms with Crippen LogP contribution < -0.4 is 5.32 Å². The Balaban J connectivity index is 2.01. The first-order valence-electron chi connectivity index (χ1n) is 7.66. The number of rotatable bonds is 6. The van der Waals surface area contributed by atoms with E-state index in [9.17, 15) is 13.2 Å². The Labute approximate surface area is 124 Å². The molecule has 1 aliphatic heterocycles. The number of piperidine rings is 1. The van der Waals surface area contributed by atoms with Gasteiger partial charge in [-0.25, -0.2) is 13.2 Å². The zero-order valence-corrected chi connectivity index (χ0v) is 12.5. The topological polar surface area (TPSA) is 15.3 Å². The molecule has 1 aromatic carbocycles. The Bertz CT molecular complexity index is 436. The van der Waals surface area contributed by atoms with Gasteiger partial charge in [0.2, 0.25) is 0 Å². The molecule has 1 aromatic rings. The normalized spacial score (nSPS) is 16.6. The highest BCUT2D eigenvalue weighted by Gasteiger charge is 2.18. The summed E-state index contributed by atoms with van der Waals surface area (Å²) in [5.74, 6) is -2.99. The Morgan fingerprint density at radius 1 is 1.14 bits per heavy atom. The van der Waals surface area contributed by atoms with Gasteiger partial charge in [0.25, 0.3) is 0 Å². The van der Waals surface area contributed by atoms with Crippen LogP contribution in [0.4, 0.5) is 13.2 Å². The number of benzene rings is 1. The van der Waals surface area contributed by atoms with E-state index in [-0.39, 0.29) is 0 Å². The molecule has 0 unspecified atom stereocenters. The first-order chi connectivity index (χ1) is 10.1. The van der Waals surface area contributed by atoms with Crippen molar-refractivity contribution < 1.29 is 13.2 Å². The van der Waals surface area contributed by atoms with Crippen LogP contribution in [-0.2, 0) is 6.54 Å². The van der Waals surface area contributed by atoms with Crippen LogP contribution in [-0.4, -0.2) is 31.1 Å². The molecule has 1 heterocycles. The standard InChI is InChI=1S/C16H23F3N2/c1-2-7-21(10-12-3-5-20-6-4-12)11-13-8-14(17)16(19)15(18)9-13/h8-9,12,20H,2-7,10-11H2,1H3. The Hall–Kier alpha value is -1.07. The quantitative estimate of drug-likeness (QED) is 0.811. The van der Waals surface area contributed by atoms with Crippen molar-refractivity contribution in [2.24, 2.45) is 5.92 Å². The molecular weight excluding hydrogens is 277 g/mol. The minimum atomic E-state index is -1.39. The highest BCUT2D eigenvalue weighted by molar-refractivity contribution is 5.19. The van der Waals surface area contributed by atoms with E-state index in [0.29, 0.717) is 18.0 Å². The summed E-state index contributed by atoms with van der Waals surface area (Å²) >= 11 is 0. The Morgan fingerprint density at radius 2 is 1.76 bits per heavy atom. The van der Waals surface area contributed by atoms with Crippen LogP contribution in [0.1, 0.15) is 31.7 Å². The Kier molecular flexibility index (Phi) is 6.06. The van der Waals surface area contributed by atoms with Gasteiger partial charge in [0.1, 0.15) is 0 Å². The van der Waals surface area contributed by atoms with Crippen LogP contribution in [0.2, 0.25) is 0 Å². The second-order valence-corrected chi connectivity index (χ2v) is 5.80. The van der Waals surface area contributed by atoms with Crippen molar-refractivity contribution in [3.8, 4) is 0 Å². The third kappa shape index (κ3) is 4.71. The van der Waals surface area contributed by atoms with Gasteiger partial charge in [-0.2, -0.15) is 0 Å². The average Bonchev–Trinajstić information content (AvgIpc) is 2.46. The molecule has 21 heavy (non-hydrogen) atoms. The number of halogens is 3. The lowest BCUT2D eigenvalue weighted by atomic mass is 9.97. The second kappa shape index (κ2) is 7.80. The maximum absolute atomic E-state index is 13.3. The number of nitrogens with one attached hydrogen (secondary N) is 1. The molecule has 2 nitrogen and oxygen atoms in total.